The van der Waals surface area contributed by atoms with E-state index in [0.29, 0.717) is 24.0 Å². The lowest BCUT2D eigenvalue weighted by molar-refractivity contribution is -0.135. The lowest BCUT2D eigenvalue weighted by Gasteiger charge is -2.08. The second kappa shape index (κ2) is 7.09. The summed E-state index contributed by atoms with van der Waals surface area (Å²) in [5, 5.41) is 3.03. The number of benzene rings is 1. The number of hydrogen-bond donors (Lipinski definition) is 1. The highest BCUT2D eigenvalue weighted by atomic mass is 79.9. The van der Waals surface area contributed by atoms with E-state index in [-0.39, 0.29) is 12.2 Å². The van der Waals surface area contributed by atoms with Crippen molar-refractivity contribution in [2.24, 2.45) is 0 Å². The van der Waals surface area contributed by atoms with Crippen LogP contribution < -0.4 is 5.32 Å². The molecule has 102 valence electrons. The molecule has 0 unspecified atom stereocenters. The Morgan fingerprint density at radius 3 is 2.50 bits per heavy atom. The van der Waals surface area contributed by atoms with E-state index in [2.05, 4.69) is 21.2 Å². The lowest BCUT2D eigenvalue weighted by atomic mass is 10.2. The topological polar surface area (TPSA) is 12.0 Å². The molecule has 0 fully saturated rings. The Bertz CT molecular complexity index is 379. The first-order valence-electron chi connectivity index (χ1n) is 5.60. The molecule has 0 aromatic heterocycles. The van der Waals surface area contributed by atoms with Crippen LogP contribution in [0, 0.1) is 5.82 Å². The summed E-state index contributed by atoms with van der Waals surface area (Å²) < 4.78 is 49.0. The van der Waals surface area contributed by atoms with Crippen LogP contribution in [0.4, 0.5) is 17.6 Å². The Kier molecular flexibility index (Phi) is 6.08. The molecular formula is C12H14BrF4N. The maximum absolute atomic E-state index is 12.8. The Hall–Kier alpha value is -0.620. The van der Waals surface area contributed by atoms with Crippen LogP contribution in [0.5, 0.6) is 0 Å². The van der Waals surface area contributed by atoms with Crippen molar-refractivity contribution in [3.63, 3.8) is 0 Å². The summed E-state index contributed by atoms with van der Waals surface area (Å²) in [5.41, 5.74) is 0.882. The monoisotopic (exact) mass is 327 g/mol. The summed E-state index contributed by atoms with van der Waals surface area (Å²) >= 11 is 3.23. The number of rotatable bonds is 6. The first kappa shape index (κ1) is 15.4. The number of nitrogens with one attached hydrogen (secondary N) is 1. The smallest absolute Gasteiger partial charge is 0.313 e. The van der Waals surface area contributed by atoms with E-state index in [9.17, 15) is 17.6 Å². The van der Waals surface area contributed by atoms with Crippen molar-refractivity contribution in [3.05, 3.63) is 34.1 Å². The molecule has 0 aliphatic carbocycles. The molecule has 0 heterocycles. The normalized spacial score (nSPS) is 11.8. The third-order valence-corrected chi connectivity index (χ3v) is 3.13. The van der Waals surface area contributed by atoms with E-state index in [1.165, 1.54) is 12.1 Å². The Morgan fingerprint density at radius 1 is 1.17 bits per heavy atom. The van der Waals surface area contributed by atoms with Gasteiger partial charge in [-0.15, -0.1) is 0 Å². The highest BCUT2D eigenvalue weighted by Gasteiger charge is 2.25. The molecule has 0 radical (unpaired) electrons. The van der Waals surface area contributed by atoms with Gasteiger partial charge in [0.15, 0.2) is 0 Å². The first-order chi connectivity index (χ1) is 8.38. The van der Waals surface area contributed by atoms with Gasteiger partial charge >= 0.3 is 6.18 Å². The molecule has 1 aromatic carbocycles. The van der Waals surface area contributed by atoms with Crippen molar-refractivity contribution in [2.45, 2.75) is 32.0 Å². The molecule has 1 aromatic rings. The fourth-order valence-electron chi connectivity index (χ4n) is 1.46. The van der Waals surface area contributed by atoms with Crippen LogP contribution in [0.25, 0.3) is 0 Å². The summed E-state index contributed by atoms with van der Waals surface area (Å²) in [6.07, 6.45) is -4.21. The molecule has 1 nitrogen and oxygen atoms in total. The van der Waals surface area contributed by atoms with Crippen molar-refractivity contribution in [1.82, 2.24) is 5.32 Å². The van der Waals surface area contributed by atoms with Crippen molar-refractivity contribution in [1.29, 1.82) is 0 Å². The van der Waals surface area contributed by atoms with Gasteiger partial charge in [-0.3, -0.25) is 0 Å². The number of hydrogen-bond acceptors (Lipinski definition) is 1. The van der Waals surface area contributed by atoms with E-state index in [4.69, 9.17) is 0 Å². The van der Waals surface area contributed by atoms with Crippen LogP contribution in [-0.4, -0.2) is 12.7 Å². The molecule has 1 rings (SSSR count). The van der Waals surface area contributed by atoms with Crippen molar-refractivity contribution in [2.75, 3.05) is 6.54 Å². The third kappa shape index (κ3) is 6.35. The van der Waals surface area contributed by atoms with Crippen molar-refractivity contribution in [3.8, 4) is 0 Å². The SMILES string of the molecule is Fc1ccc(CNCCCCC(F)(F)F)c(Br)c1. The number of halogens is 5. The van der Waals surface area contributed by atoms with Gasteiger partial charge in [0.1, 0.15) is 5.82 Å². The minimum atomic E-state index is -4.07. The van der Waals surface area contributed by atoms with E-state index < -0.39 is 12.6 Å². The van der Waals surface area contributed by atoms with Gasteiger partial charge in [-0.1, -0.05) is 22.0 Å². The zero-order valence-corrected chi connectivity index (χ0v) is 11.2. The van der Waals surface area contributed by atoms with Gasteiger partial charge in [0.2, 0.25) is 0 Å². The van der Waals surface area contributed by atoms with Crippen LogP contribution in [0.3, 0.4) is 0 Å². The van der Waals surface area contributed by atoms with E-state index in [1.54, 1.807) is 6.07 Å². The third-order valence-electron chi connectivity index (χ3n) is 2.39. The predicted octanol–water partition coefficient (Wildman–Crippen LogP) is 4.41. The lowest BCUT2D eigenvalue weighted by Crippen LogP contribution is -2.16. The molecule has 0 aliphatic rings. The van der Waals surface area contributed by atoms with Crippen LogP contribution in [0.2, 0.25) is 0 Å². The van der Waals surface area contributed by atoms with Crippen LogP contribution >= 0.6 is 15.9 Å². The maximum atomic E-state index is 12.8. The van der Waals surface area contributed by atoms with Crippen LogP contribution in [-0.2, 0) is 6.54 Å². The summed E-state index contributed by atoms with van der Waals surface area (Å²) in [6.45, 7) is 1.02. The van der Waals surface area contributed by atoms with Crippen molar-refractivity contribution >= 4 is 15.9 Å². The predicted molar refractivity (Wildman–Crippen MR) is 65.7 cm³/mol. The first-order valence-corrected chi connectivity index (χ1v) is 6.39. The second-order valence-electron chi connectivity index (χ2n) is 3.98. The van der Waals surface area contributed by atoms with Gasteiger partial charge in [-0.25, -0.2) is 4.39 Å². The average molecular weight is 328 g/mol. The van der Waals surface area contributed by atoms with E-state index >= 15 is 0 Å². The molecule has 18 heavy (non-hydrogen) atoms. The highest BCUT2D eigenvalue weighted by molar-refractivity contribution is 9.10. The Labute approximate surface area is 112 Å². The van der Waals surface area contributed by atoms with Gasteiger partial charge < -0.3 is 5.32 Å². The van der Waals surface area contributed by atoms with Gasteiger partial charge in [0, 0.05) is 17.4 Å². The van der Waals surface area contributed by atoms with E-state index in [1.807, 2.05) is 0 Å². The fourth-order valence-corrected chi connectivity index (χ4v) is 1.95. The molecule has 1 N–H and O–H groups in total. The summed E-state index contributed by atoms with van der Waals surface area (Å²) in [6, 6.07) is 4.36. The molecule has 0 saturated heterocycles. The molecule has 0 bridgehead atoms. The molecule has 0 atom stereocenters. The molecular weight excluding hydrogens is 314 g/mol. The quantitative estimate of drug-likeness (QED) is 0.602. The maximum Gasteiger partial charge on any atom is 0.389 e. The minimum absolute atomic E-state index is 0.126. The second-order valence-corrected chi connectivity index (χ2v) is 4.84. The minimum Gasteiger partial charge on any atom is -0.313 e. The summed E-state index contributed by atoms with van der Waals surface area (Å²) in [7, 11) is 0. The zero-order valence-electron chi connectivity index (χ0n) is 9.66. The highest BCUT2D eigenvalue weighted by Crippen LogP contribution is 2.22. The van der Waals surface area contributed by atoms with E-state index in [0.717, 1.165) is 5.56 Å². The Morgan fingerprint density at radius 2 is 1.89 bits per heavy atom. The summed E-state index contributed by atoms with van der Waals surface area (Å²) in [4.78, 5) is 0. The molecule has 0 saturated carbocycles. The summed E-state index contributed by atoms with van der Waals surface area (Å²) in [5.74, 6) is -0.323. The van der Waals surface area contributed by atoms with Gasteiger partial charge in [0.25, 0.3) is 0 Å². The Balaban J connectivity index is 2.18. The molecule has 6 heteroatoms. The van der Waals surface area contributed by atoms with Crippen molar-refractivity contribution < 1.29 is 17.6 Å². The standard InChI is InChI=1S/C12H14BrF4N/c13-11-7-10(14)4-3-9(11)8-18-6-2-1-5-12(15,16)17/h3-4,7,18H,1-2,5-6,8H2. The van der Waals surface area contributed by atoms with Gasteiger partial charge in [-0.05, 0) is 37.1 Å². The molecule has 0 amide bonds. The fraction of sp³-hybridized carbons (Fsp3) is 0.500. The molecule has 0 spiro atoms. The number of unbranched alkanes of at least 4 members (excludes halogenated alkanes) is 1. The van der Waals surface area contributed by atoms with Crippen LogP contribution in [0.1, 0.15) is 24.8 Å². The van der Waals surface area contributed by atoms with Crippen LogP contribution in [0.15, 0.2) is 22.7 Å². The number of alkyl halides is 3. The molecule has 0 aliphatic heterocycles. The average Bonchev–Trinajstić information content (AvgIpc) is 2.24. The van der Waals surface area contributed by atoms with Gasteiger partial charge in [-0.2, -0.15) is 13.2 Å². The zero-order chi connectivity index (χ0) is 13.6. The van der Waals surface area contributed by atoms with Gasteiger partial charge in [0.05, 0.1) is 0 Å². The largest absolute Gasteiger partial charge is 0.389 e.